The molecule has 5 heteroatoms. The zero-order valence-corrected chi connectivity index (χ0v) is 12.3. The molecule has 2 aliphatic rings. The van der Waals surface area contributed by atoms with Crippen molar-refractivity contribution in [2.24, 2.45) is 11.8 Å². The molecule has 114 valence electrons. The van der Waals surface area contributed by atoms with Crippen LogP contribution in [0.25, 0.3) is 0 Å². The molecule has 1 fully saturated rings. The minimum absolute atomic E-state index is 0.135. The van der Waals surface area contributed by atoms with Crippen LogP contribution in [-0.4, -0.2) is 36.6 Å². The fourth-order valence-electron chi connectivity index (χ4n) is 2.52. The van der Waals surface area contributed by atoms with Gasteiger partial charge in [-0.1, -0.05) is 6.92 Å². The minimum Gasteiger partial charge on any atom is -0.459 e. The maximum absolute atomic E-state index is 12.1. The molecule has 0 bridgehead atoms. The van der Waals surface area contributed by atoms with Crippen LogP contribution < -0.4 is 5.32 Å². The first kappa shape index (κ1) is 15.3. The van der Waals surface area contributed by atoms with Gasteiger partial charge in [0.05, 0.1) is 0 Å². The van der Waals surface area contributed by atoms with Crippen LogP contribution in [0.15, 0.2) is 11.8 Å². The zero-order chi connectivity index (χ0) is 14.5. The van der Waals surface area contributed by atoms with Gasteiger partial charge in [-0.05, 0) is 44.6 Å². The Morgan fingerprint density at radius 3 is 2.90 bits per heavy atom. The molecule has 0 aromatic carbocycles. The van der Waals surface area contributed by atoms with Crippen molar-refractivity contribution in [2.45, 2.75) is 51.9 Å². The van der Waals surface area contributed by atoms with E-state index in [9.17, 15) is 4.79 Å². The Morgan fingerprint density at radius 2 is 2.30 bits per heavy atom. The predicted molar refractivity (Wildman–Crippen MR) is 74.7 cm³/mol. The summed E-state index contributed by atoms with van der Waals surface area (Å²) in [6.45, 7) is 4.70. The molecule has 1 aliphatic carbocycles. The number of nitrogens with one attached hydrogen (secondary N) is 1. The van der Waals surface area contributed by atoms with Crippen molar-refractivity contribution < 1.29 is 19.4 Å². The largest absolute Gasteiger partial charge is 0.459 e. The maximum atomic E-state index is 12.1. The van der Waals surface area contributed by atoms with Crippen LogP contribution in [0, 0.1) is 11.8 Å². The second-order valence-electron chi connectivity index (χ2n) is 5.61. The third-order valence-corrected chi connectivity index (χ3v) is 3.85. The number of allylic oxidation sites excluding steroid dienone is 1. The summed E-state index contributed by atoms with van der Waals surface area (Å²) in [5.41, 5.74) is 0. The molecule has 2 rings (SSSR count). The van der Waals surface area contributed by atoms with E-state index in [4.69, 9.17) is 14.6 Å². The summed E-state index contributed by atoms with van der Waals surface area (Å²) in [5.74, 6) is 0.624. The Hall–Kier alpha value is -1.07. The highest BCUT2D eigenvalue weighted by Crippen LogP contribution is 2.32. The number of carbonyl (C=O) groups excluding carboxylic acids is 1. The maximum Gasteiger partial charge on any atom is 0.286 e. The zero-order valence-electron chi connectivity index (χ0n) is 12.3. The Balaban J connectivity index is 2.01. The lowest BCUT2D eigenvalue weighted by atomic mass is 9.87. The normalized spacial score (nSPS) is 29.6. The van der Waals surface area contributed by atoms with Crippen LogP contribution in [0.3, 0.4) is 0 Å². The van der Waals surface area contributed by atoms with Crippen LogP contribution >= 0.6 is 0 Å². The monoisotopic (exact) mass is 283 g/mol. The highest BCUT2D eigenvalue weighted by Gasteiger charge is 2.35. The van der Waals surface area contributed by atoms with E-state index < -0.39 is 6.29 Å². The SMILES string of the molecule is CCO[C@H]1OC(C(=O)NC2CC2)=C[C@@H](C)[C@H]1CCCO. The Kier molecular flexibility index (Phi) is 5.43. The first-order chi connectivity index (χ1) is 9.65. The summed E-state index contributed by atoms with van der Waals surface area (Å²) in [6, 6.07) is 0.319. The quantitative estimate of drug-likeness (QED) is 0.744. The van der Waals surface area contributed by atoms with Crippen LogP contribution in [0.5, 0.6) is 0 Å². The van der Waals surface area contributed by atoms with Crippen molar-refractivity contribution in [1.82, 2.24) is 5.32 Å². The number of rotatable bonds is 7. The van der Waals surface area contributed by atoms with E-state index in [1.165, 1.54) is 0 Å². The number of amides is 1. The van der Waals surface area contributed by atoms with Crippen molar-refractivity contribution in [3.8, 4) is 0 Å². The summed E-state index contributed by atoms with van der Waals surface area (Å²) < 4.78 is 11.4. The number of aliphatic hydroxyl groups excluding tert-OH is 1. The molecule has 0 saturated heterocycles. The van der Waals surface area contributed by atoms with Gasteiger partial charge in [0.2, 0.25) is 6.29 Å². The smallest absolute Gasteiger partial charge is 0.286 e. The second kappa shape index (κ2) is 7.09. The third-order valence-electron chi connectivity index (χ3n) is 3.85. The fourth-order valence-corrected chi connectivity index (χ4v) is 2.52. The summed E-state index contributed by atoms with van der Waals surface area (Å²) in [6.07, 6.45) is 5.16. The van der Waals surface area contributed by atoms with Gasteiger partial charge in [-0.15, -0.1) is 0 Å². The van der Waals surface area contributed by atoms with E-state index >= 15 is 0 Å². The van der Waals surface area contributed by atoms with E-state index in [0.29, 0.717) is 18.4 Å². The first-order valence-electron chi connectivity index (χ1n) is 7.57. The topological polar surface area (TPSA) is 67.8 Å². The van der Waals surface area contributed by atoms with Crippen LogP contribution in [-0.2, 0) is 14.3 Å². The van der Waals surface area contributed by atoms with Gasteiger partial charge < -0.3 is 19.9 Å². The van der Waals surface area contributed by atoms with E-state index in [1.54, 1.807) is 0 Å². The van der Waals surface area contributed by atoms with Gasteiger partial charge in [-0.2, -0.15) is 0 Å². The molecule has 0 aromatic heterocycles. The third kappa shape index (κ3) is 3.96. The standard InChI is InChI=1S/C15H25NO4/c1-3-19-15-12(5-4-8-17)10(2)9-13(20-15)14(18)16-11-6-7-11/h9-12,15,17H,3-8H2,1-2H3,(H,16,18)/t10-,12-,15+/m1/s1. The van der Waals surface area contributed by atoms with Gasteiger partial charge >= 0.3 is 0 Å². The van der Waals surface area contributed by atoms with Gasteiger partial charge in [-0.3, -0.25) is 4.79 Å². The molecule has 0 unspecified atom stereocenters. The van der Waals surface area contributed by atoms with Crippen molar-refractivity contribution in [2.75, 3.05) is 13.2 Å². The molecule has 20 heavy (non-hydrogen) atoms. The summed E-state index contributed by atoms with van der Waals surface area (Å²) in [4.78, 5) is 12.1. The van der Waals surface area contributed by atoms with Crippen molar-refractivity contribution in [1.29, 1.82) is 0 Å². The molecule has 1 aliphatic heterocycles. The molecule has 1 heterocycles. The van der Waals surface area contributed by atoms with Crippen LogP contribution in [0.4, 0.5) is 0 Å². The number of ether oxygens (including phenoxy) is 2. The van der Waals surface area contributed by atoms with Crippen molar-refractivity contribution in [3.05, 3.63) is 11.8 Å². The van der Waals surface area contributed by atoms with Gasteiger partial charge in [0.1, 0.15) is 0 Å². The lowest BCUT2D eigenvalue weighted by Gasteiger charge is -2.35. The van der Waals surface area contributed by atoms with E-state index in [0.717, 1.165) is 25.7 Å². The number of carbonyl (C=O) groups is 1. The van der Waals surface area contributed by atoms with Gasteiger partial charge in [-0.25, -0.2) is 0 Å². The lowest BCUT2D eigenvalue weighted by Crippen LogP contribution is -2.39. The molecule has 2 N–H and O–H groups in total. The fraction of sp³-hybridized carbons (Fsp3) is 0.800. The summed E-state index contributed by atoms with van der Waals surface area (Å²) in [5, 5.41) is 11.9. The van der Waals surface area contributed by atoms with Gasteiger partial charge in [0.25, 0.3) is 5.91 Å². The first-order valence-corrected chi connectivity index (χ1v) is 7.57. The molecule has 0 spiro atoms. The number of aliphatic hydroxyl groups is 1. The Morgan fingerprint density at radius 1 is 1.55 bits per heavy atom. The van der Waals surface area contributed by atoms with Crippen molar-refractivity contribution >= 4 is 5.91 Å². The minimum atomic E-state index is -0.397. The average molecular weight is 283 g/mol. The molecule has 5 nitrogen and oxygen atoms in total. The molecule has 3 atom stereocenters. The lowest BCUT2D eigenvalue weighted by molar-refractivity contribution is -0.171. The summed E-state index contributed by atoms with van der Waals surface area (Å²) in [7, 11) is 0. The molecule has 1 saturated carbocycles. The second-order valence-corrected chi connectivity index (χ2v) is 5.61. The number of hydrogen-bond donors (Lipinski definition) is 2. The van der Waals surface area contributed by atoms with Crippen molar-refractivity contribution in [3.63, 3.8) is 0 Å². The van der Waals surface area contributed by atoms with Crippen LogP contribution in [0.1, 0.15) is 39.5 Å². The van der Waals surface area contributed by atoms with Gasteiger partial charge in [0.15, 0.2) is 5.76 Å². The Bertz CT molecular complexity index is 365. The molecule has 1 amide bonds. The van der Waals surface area contributed by atoms with E-state index in [2.05, 4.69) is 12.2 Å². The van der Waals surface area contributed by atoms with Crippen LogP contribution in [0.2, 0.25) is 0 Å². The Labute approximate surface area is 120 Å². The predicted octanol–water partition coefficient (Wildman–Crippen LogP) is 1.57. The molecular weight excluding hydrogens is 258 g/mol. The van der Waals surface area contributed by atoms with Gasteiger partial charge in [0, 0.05) is 25.2 Å². The summed E-state index contributed by atoms with van der Waals surface area (Å²) >= 11 is 0. The highest BCUT2D eigenvalue weighted by atomic mass is 16.7. The van der Waals surface area contributed by atoms with E-state index in [1.807, 2.05) is 13.0 Å². The highest BCUT2D eigenvalue weighted by molar-refractivity contribution is 5.92. The average Bonchev–Trinajstić information content (AvgIpc) is 3.22. The molecular formula is C15H25NO4. The molecule has 0 radical (unpaired) electrons. The number of hydrogen-bond acceptors (Lipinski definition) is 4. The molecule has 0 aromatic rings. The van der Waals surface area contributed by atoms with E-state index in [-0.39, 0.29) is 24.3 Å².